The van der Waals surface area contributed by atoms with Crippen molar-refractivity contribution in [2.75, 3.05) is 13.2 Å². The molecule has 1 N–H and O–H groups in total. The number of aromatic nitrogens is 1. The van der Waals surface area contributed by atoms with Gasteiger partial charge >= 0.3 is 0 Å². The molecular formula is C26H23BrN2O2. The summed E-state index contributed by atoms with van der Waals surface area (Å²) in [7, 11) is 0. The quantitative estimate of drug-likeness (QED) is 0.387. The molecule has 1 aliphatic rings. The Morgan fingerprint density at radius 2 is 1.90 bits per heavy atom. The number of nitrogens with zero attached hydrogens (tertiary/aromatic N) is 1. The number of hydrogen-bond acceptors (Lipinski definition) is 2. The predicted octanol–water partition coefficient (Wildman–Crippen LogP) is 6.12. The van der Waals surface area contributed by atoms with Gasteiger partial charge in [-0.2, -0.15) is 0 Å². The maximum Gasteiger partial charge on any atom is 0.254 e. The molecule has 1 atom stereocenters. The Balaban J connectivity index is 1.63. The van der Waals surface area contributed by atoms with Crippen molar-refractivity contribution in [1.29, 1.82) is 0 Å². The van der Waals surface area contributed by atoms with E-state index >= 15 is 0 Å². The molecule has 0 bridgehead atoms. The van der Waals surface area contributed by atoms with Crippen LogP contribution in [0.25, 0.3) is 10.9 Å². The molecule has 5 rings (SSSR count). The summed E-state index contributed by atoms with van der Waals surface area (Å²) in [5.74, 6) is 0.869. The zero-order valence-electron chi connectivity index (χ0n) is 17.3. The fourth-order valence-electron chi connectivity index (χ4n) is 4.51. The maximum atomic E-state index is 13.6. The Labute approximate surface area is 190 Å². The minimum atomic E-state index is -0.182. The van der Waals surface area contributed by atoms with Gasteiger partial charge in [-0.15, -0.1) is 0 Å². The zero-order chi connectivity index (χ0) is 21.4. The van der Waals surface area contributed by atoms with Crippen molar-refractivity contribution in [2.24, 2.45) is 0 Å². The fourth-order valence-corrected chi connectivity index (χ4v) is 4.91. The number of hydrogen-bond donors (Lipinski definition) is 1. The average molecular weight is 475 g/mol. The van der Waals surface area contributed by atoms with E-state index in [2.05, 4.69) is 51.2 Å². The summed E-state index contributed by atoms with van der Waals surface area (Å²) < 4.78 is 6.53. The molecule has 0 radical (unpaired) electrons. The van der Waals surface area contributed by atoms with Gasteiger partial charge in [0, 0.05) is 33.2 Å². The summed E-state index contributed by atoms with van der Waals surface area (Å²) in [6.07, 6.45) is 0.826. The van der Waals surface area contributed by atoms with E-state index in [0.717, 1.165) is 33.4 Å². The lowest BCUT2D eigenvalue weighted by molar-refractivity contribution is 0.0692. The van der Waals surface area contributed by atoms with Crippen LogP contribution in [0.4, 0.5) is 0 Å². The van der Waals surface area contributed by atoms with Gasteiger partial charge in [-0.3, -0.25) is 4.79 Å². The largest absolute Gasteiger partial charge is 0.494 e. The molecule has 2 heterocycles. The fraction of sp³-hybridized carbons (Fsp3) is 0.192. The number of fused-ring (bicyclic) bond motifs is 3. The van der Waals surface area contributed by atoms with Gasteiger partial charge in [0.05, 0.1) is 12.6 Å². The van der Waals surface area contributed by atoms with Crippen LogP contribution < -0.4 is 4.74 Å². The van der Waals surface area contributed by atoms with Crippen molar-refractivity contribution in [2.45, 2.75) is 19.4 Å². The topological polar surface area (TPSA) is 45.3 Å². The summed E-state index contributed by atoms with van der Waals surface area (Å²) in [5.41, 5.74) is 5.26. The van der Waals surface area contributed by atoms with Crippen molar-refractivity contribution in [3.8, 4) is 5.75 Å². The van der Waals surface area contributed by atoms with E-state index in [1.165, 1.54) is 10.9 Å². The van der Waals surface area contributed by atoms with E-state index in [4.69, 9.17) is 4.74 Å². The number of rotatable bonds is 4. The number of amides is 1. The molecule has 5 heteroatoms. The van der Waals surface area contributed by atoms with Gasteiger partial charge in [-0.25, -0.2) is 0 Å². The highest BCUT2D eigenvalue weighted by Crippen LogP contribution is 2.39. The van der Waals surface area contributed by atoms with Crippen LogP contribution in [-0.4, -0.2) is 28.9 Å². The summed E-state index contributed by atoms with van der Waals surface area (Å²) in [4.78, 5) is 19.2. The highest BCUT2D eigenvalue weighted by molar-refractivity contribution is 9.10. The summed E-state index contributed by atoms with van der Waals surface area (Å²) >= 11 is 3.50. The van der Waals surface area contributed by atoms with E-state index in [-0.39, 0.29) is 11.9 Å². The summed E-state index contributed by atoms with van der Waals surface area (Å²) in [5, 5.41) is 1.24. The van der Waals surface area contributed by atoms with Gasteiger partial charge in [-0.1, -0.05) is 52.3 Å². The smallest absolute Gasteiger partial charge is 0.254 e. The lowest BCUT2D eigenvalue weighted by Gasteiger charge is -2.36. The van der Waals surface area contributed by atoms with Crippen LogP contribution in [-0.2, 0) is 6.42 Å². The first-order chi connectivity index (χ1) is 15.2. The van der Waals surface area contributed by atoms with Gasteiger partial charge < -0.3 is 14.6 Å². The molecule has 0 spiro atoms. The minimum absolute atomic E-state index is 0.0319. The lowest BCUT2D eigenvalue weighted by Crippen LogP contribution is -2.40. The van der Waals surface area contributed by atoms with Crippen LogP contribution in [0.3, 0.4) is 0 Å². The number of ether oxygens (including phenoxy) is 1. The third-order valence-electron chi connectivity index (χ3n) is 5.87. The molecule has 0 fully saturated rings. The minimum Gasteiger partial charge on any atom is -0.494 e. The molecule has 1 aliphatic heterocycles. The molecule has 4 aromatic rings. The van der Waals surface area contributed by atoms with E-state index in [1.807, 2.05) is 54.3 Å². The second kappa shape index (κ2) is 8.23. The standard InChI is InChI=1S/C26H23BrN2O2/c1-2-31-20-12-10-17(11-13-20)25-24-22(21-8-3-4-9-23(21)28-24)14-15-29(25)26(30)18-6-5-7-19(27)16-18/h3-13,16,25,28H,2,14-15H2,1H3/t25-/m0/s1. The molecule has 0 saturated heterocycles. The van der Waals surface area contributed by atoms with Crippen molar-refractivity contribution in [1.82, 2.24) is 9.88 Å². The first-order valence-electron chi connectivity index (χ1n) is 10.5. The number of nitrogens with one attached hydrogen (secondary N) is 1. The van der Waals surface area contributed by atoms with Crippen LogP contribution in [0.1, 0.15) is 40.1 Å². The van der Waals surface area contributed by atoms with E-state index < -0.39 is 0 Å². The first-order valence-corrected chi connectivity index (χ1v) is 11.3. The summed E-state index contributed by atoms with van der Waals surface area (Å²) in [6.45, 7) is 3.27. The van der Waals surface area contributed by atoms with Crippen LogP contribution >= 0.6 is 15.9 Å². The third-order valence-corrected chi connectivity index (χ3v) is 6.37. The Morgan fingerprint density at radius 3 is 2.68 bits per heavy atom. The van der Waals surface area contributed by atoms with E-state index in [1.54, 1.807) is 0 Å². The Morgan fingerprint density at radius 1 is 1.10 bits per heavy atom. The molecule has 156 valence electrons. The zero-order valence-corrected chi connectivity index (χ0v) is 18.9. The van der Waals surface area contributed by atoms with Crippen LogP contribution in [0.2, 0.25) is 0 Å². The van der Waals surface area contributed by atoms with Crippen LogP contribution in [0.5, 0.6) is 5.75 Å². The predicted molar refractivity (Wildman–Crippen MR) is 127 cm³/mol. The molecule has 3 aromatic carbocycles. The molecule has 1 amide bonds. The van der Waals surface area contributed by atoms with Gasteiger partial charge in [0.25, 0.3) is 5.91 Å². The number of benzene rings is 3. The van der Waals surface area contributed by atoms with Crippen LogP contribution in [0, 0.1) is 0 Å². The molecular weight excluding hydrogens is 452 g/mol. The number of carbonyl (C=O) groups is 1. The molecule has 1 aromatic heterocycles. The highest BCUT2D eigenvalue weighted by Gasteiger charge is 2.35. The van der Waals surface area contributed by atoms with Gasteiger partial charge in [0.15, 0.2) is 0 Å². The van der Waals surface area contributed by atoms with Crippen molar-refractivity contribution >= 4 is 32.7 Å². The SMILES string of the molecule is CCOc1ccc([C@H]2c3[nH]c4ccccc4c3CCN2C(=O)c2cccc(Br)c2)cc1. The van der Waals surface area contributed by atoms with Gasteiger partial charge in [0.1, 0.15) is 5.75 Å². The van der Waals surface area contributed by atoms with Gasteiger partial charge in [0.2, 0.25) is 0 Å². The van der Waals surface area contributed by atoms with E-state index in [9.17, 15) is 4.79 Å². The van der Waals surface area contributed by atoms with Crippen molar-refractivity contribution in [3.63, 3.8) is 0 Å². The van der Waals surface area contributed by atoms with Crippen molar-refractivity contribution < 1.29 is 9.53 Å². The third kappa shape index (κ3) is 3.63. The molecule has 0 saturated carbocycles. The summed E-state index contributed by atoms with van der Waals surface area (Å²) in [6, 6.07) is 23.9. The Kier molecular flexibility index (Phi) is 5.28. The molecule has 0 aliphatic carbocycles. The van der Waals surface area contributed by atoms with Crippen molar-refractivity contribution in [3.05, 3.63) is 99.7 Å². The monoisotopic (exact) mass is 474 g/mol. The van der Waals surface area contributed by atoms with E-state index in [0.29, 0.717) is 18.7 Å². The lowest BCUT2D eigenvalue weighted by atomic mass is 9.91. The number of carbonyl (C=O) groups excluding carboxylic acids is 1. The molecule has 0 unspecified atom stereocenters. The number of halogens is 1. The normalized spacial score (nSPS) is 15.7. The highest BCUT2D eigenvalue weighted by atomic mass is 79.9. The average Bonchev–Trinajstić information content (AvgIpc) is 3.17. The first kappa shape index (κ1) is 19.9. The Hall–Kier alpha value is -3.05. The van der Waals surface area contributed by atoms with Crippen LogP contribution in [0.15, 0.2) is 77.3 Å². The molecule has 31 heavy (non-hydrogen) atoms. The number of aromatic amines is 1. The Bertz CT molecular complexity index is 1250. The number of H-pyrrole nitrogens is 1. The second-order valence-corrected chi connectivity index (χ2v) is 8.64. The van der Waals surface area contributed by atoms with Gasteiger partial charge in [-0.05, 0) is 60.9 Å². The second-order valence-electron chi connectivity index (χ2n) is 7.73. The molecule has 4 nitrogen and oxygen atoms in total. The maximum absolute atomic E-state index is 13.6. The number of para-hydroxylation sites is 1.